The highest BCUT2D eigenvalue weighted by Gasteiger charge is 2.27. The Morgan fingerprint density at radius 2 is 1.92 bits per heavy atom. The van der Waals surface area contributed by atoms with Crippen molar-refractivity contribution in [2.45, 2.75) is 52.0 Å². The van der Waals surface area contributed by atoms with E-state index in [9.17, 15) is 4.79 Å². The van der Waals surface area contributed by atoms with Gasteiger partial charge in [-0.2, -0.15) is 0 Å². The van der Waals surface area contributed by atoms with Crippen molar-refractivity contribution in [3.05, 3.63) is 0 Å². The third-order valence-electron chi connectivity index (χ3n) is 5.25. The second-order valence-corrected chi connectivity index (χ2v) is 6.87. The average molecular weight is 466 g/mol. The van der Waals surface area contributed by atoms with E-state index in [1.54, 1.807) is 0 Å². The van der Waals surface area contributed by atoms with Crippen LogP contribution in [0.15, 0.2) is 4.99 Å². The fraction of sp³-hybridized carbons (Fsp3) is 0.889. The number of guanidine groups is 1. The quantitative estimate of drug-likeness (QED) is 0.292. The fourth-order valence-electron chi connectivity index (χ4n) is 3.72. The van der Waals surface area contributed by atoms with Crippen molar-refractivity contribution in [3.8, 4) is 0 Å². The normalized spacial score (nSPS) is 23.1. The Labute approximate surface area is 169 Å². The van der Waals surface area contributed by atoms with Crippen LogP contribution < -0.4 is 5.32 Å². The topological polar surface area (TPSA) is 57.2 Å². The summed E-state index contributed by atoms with van der Waals surface area (Å²) in [4.78, 5) is 21.1. The van der Waals surface area contributed by atoms with E-state index < -0.39 is 0 Å². The molecule has 0 aromatic heterocycles. The molecule has 1 atom stereocenters. The summed E-state index contributed by atoms with van der Waals surface area (Å²) in [7, 11) is 1.84. The van der Waals surface area contributed by atoms with Gasteiger partial charge in [0.15, 0.2) is 5.96 Å². The highest BCUT2D eigenvalue weighted by Crippen LogP contribution is 2.19. The van der Waals surface area contributed by atoms with E-state index in [4.69, 9.17) is 4.74 Å². The number of hydrogen-bond donors (Lipinski definition) is 1. The summed E-state index contributed by atoms with van der Waals surface area (Å²) >= 11 is 0. The van der Waals surface area contributed by atoms with Gasteiger partial charge in [0.05, 0.1) is 12.5 Å². The summed E-state index contributed by atoms with van der Waals surface area (Å²) in [6, 6.07) is 0.697. The lowest BCUT2D eigenvalue weighted by molar-refractivity contribution is -0.149. The number of esters is 1. The summed E-state index contributed by atoms with van der Waals surface area (Å²) in [5, 5.41) is 3.49. The van der Waals surface area contributed by atoms with Gasteiger partial charge in [-0.3, -0.25) is 14.7 Å². The van der Waals surface area contributed by atoms with E-state index in [1.165, 1.54) is 25.8 Å². The van der Waals surface area contributed by atoms with Crippen LogP contribution in [0, 0.1) is 5.92 Å². The number of ether oxygens (including phenoxy) is 1. The molecule has 0 aliphatic carbocycles. The molecule has 2 aliphatic heterocycles. The highest BCUT2D eigenvalue weighted by molar-refractivity contribution is 14.0. The number of hydrogen-bond acceptors (Lipinski definition) is 4. The lowest BCUT2D eigenvalue weighted by Crippen LogP contribution is -2.49. The molecule has 0 saturated carbocycles. The molecule has 0 aromatic rings. The zero-order valence-electron chi connectivity index (χ0n) is 16.0. The van der Waals surface area contributed by atoms with Gasteiger partial charge in [-0.25, -0.2) is 0 Å². The molecule has 2 rings (SSSR count). The van der Waals surface area contributed by atoms with Gasteiger partial charge >= 0.3 is 5.97 Å². The Hall–Kier alpha value is -0.570. The lowest BCUT2D eigenvalue weighted by atomic mass is 9.97. The first-order valence-corrected chi connectivity index (χ1v) is 9.52. The largest absolute Gasteiger partial charge is 0.466 e. The molecule has 6 nitrogen and oxygen atoms in total. The lowest BCUT2D eigenvalue weighted by Gasteiger charge is -2.35. The maximum Gasteiger partial charge on any atom is 0.309 e. The zero-order valence-corrected chi connectivity index (χ0v) is 18.3. The van der Waals surface area contributed by atoms with Crippen molar-refractivity contribution in [1.29, 1.82) is 0 Å². The van der Waals surface area contributed by atoms with Gasteiger partial charge in [0.1, 0.15) is 0 Å². The van der Waals surface area contributed by atoms with Crippen molar-refractivity contribution < 1.29 is 9.53 Å². The van der Waals surface area contributed by atoms with E-state index in [0.717, 1.165) is 45.0 Å². The molecule has 2 heterocycles. The number of rotatable bonds is 5. The van der Waals surface area contributed by atoms with Crippen LogP contribution in [0.5, 0.6) is 0 Å². The predicted molar refractivity (Wildman–Crippen MR) is 113 cm³/mol. The minimum Gasteiger partial charge on any atom is -0.466 e. The zero-order chi connectivity index (χ0) is 17.4. The molecule has 2 aliphatic rings. The van der Waals surface area contributed by atoms with Crippen LogP contribution >= 0.6 is 24.0 Å². The molecule has 2 fully saturated rings. The molecular formula is C18H35IN4O2. The Morgan fingerprint density at radius 1 is 1.20 bits per heavy atom. The molecule has 0 bridgehead atoms. The molecule has 1 N–H and O–H groups in total. The van der Waals surface area contributed by atoms with Crippen molar-refractivity contribution in [3.63, 3.8) is 0 Å². The number of likely N-dealkylation sites (tertiary alicyclic amines) is 2. The second kappa shape index (κ2) is 11.9. The van der Waals surface area contributed by atoms with Crippen molar-refractivity contribution in [2.24, 2.45) is 10.9 Å². The minimum absolute atomic E-state index is 0. The number of halogens is 1. The van der Waals surface area contributed by atoms with Gasteiger partial charge < -0.3 is 15.0 Å². The van der Waals surface area contributed by atoms with Crippen LogP contribution in [0.4, 0.5) is 0 Å². The number of carbonyl (C=O) groups excluding carboxylic acids is 1. The number of nitrogens with zero attached hydrogens (tertiary/aromatic N) is 3. The van der Waals surface area contributed by atoms with E-state index >= 15 is 0 Å². The first-order chi connectivity index (χ1) is 11.7. The predicted octanol–water partition coefficient (Wildman–Crippen LogP) is 2.33. The Balaban J connectivity index is 0.00000312. The third kappa shape index (κ3) is 6.92. The fourth-order valence-corrected chi connectivity index (χ4v) is 3.72. The Morgan fingerprint density at radius 3 is 2.52 bits per heavy atom. The first kappa shape index (κ1) is 22.5. The van der Waals surface area contributed by atoms with Crippen LogP contribution in [0.25, 0.3) is 0 Å². The number of piperidine rings is 2. The average Bonchev–Trinajstić information content (AvgIpc) is 2.61. The maximum absolute atomic E-state index is 11.8. The van der Waals surface area contributed by atoms with Crippen LogP contribution in [0.2, 0.25) is 0 Å². The standard InChI is InChI=1S/C18H34N4O2.HI/c1-4-24-17(23)16-8-12-22(13-9-16)18(19-3)20-10-14-21-11-6-5-7-15(21)2;/h15-16H,4-14H2,1-3H3,(H,19,20);1H. The second-order valence-electron chi connectivity index (χ2n) is 6.87. The summed E-state index contributed by atoms with van der Waals surface area (Å²) < 4.78 is 5.14. The third-order valence-corrected chi connectivity index (χ3v) is 5.25. The number of carbonyl (C=O) groups is 1. The van der Waals surface area contributed by atoms with Crippen LogP contribution in [0.1, 0.15) is 46.0 Å². The molecular weight excluding hydrogens is 431 g/mol. The van der Waals surface area contributed by atoms with E-state index in [0.29, 0.717) is 12.6 Å². The molecule has 146 valence electrons. The Bertz CT molecular complexity index is 425. The smallest absolute Gasteiger partial charge is 0.309 e. The summed E-state index contributed by atoms with van der Waals surface area (Å²) in [5.41, 5.74) is 0. The molecule has 0 aromatic carbocycles. The SMILES string of the molecule is CCOC(=O)C1CCN(C(=NC)NCCN2CCCCC2C)CC1.I. The molecule has 0 spiro atoms. The Kier molecular flexibility index (Phi) is 10.7. The van der Waals surface area contributed by atoms with Gasteiger partial charge in [0, 0.05) is 39.3 Å². The molecule has 7 heteroatoms. The monoisotopic (exact) mass is 466 g/mol. The molecule has 25 heavy (non-hydrogen) atoms. The van der Waals surface area contributed by atoms with Crippen molar-refractivity contribution in [2.75, 3.05) is 46.4 Å². The molecule has 0 radical (unpaired) electrons. The highest BCUT2D eigenvalue weighted by atomic mass is 127. The van der Waals surface area contributed by atoms with Gasteiger partial charge in [0.2, 0.25) is 0 Å². The van der Waals surface area contributed by atoms with Crippen LogP contribution in [-0.2, 0) is 9.53 Å². The maximum atomic E-state index is 11.8. The van der Waals surface area contributed by atoms with Crippen molar-refractivity contribution in [1.82, 2.24) is 15.1 Å². The summed E-state index contributed by atoms with van der Waals surface area (Å²) in [6.45, 7) is 9.60. The first-order valence-electron chi connectivity index (χ1n) is 9.52. The van der Waals surface area contributed by atoms with Gasteiger partial charge in [0.25, 0.3) is 0 Å². The van der Waals surface area contributed by atoms with Gasteiger partial charge in [-0.15, -0.1) is 24.0 Å². The van der Waals surface area contributed by atoms with Gasteiger partial charge in [-0.1, -0.05) is 6.42 Å². The van der Waals surface area contributed by atoms with Gasteiger partial charge in [-0.05, 0) is 46.1 Å². The molecule has 0 amide bonds. The van der Waals surface area contributed by atoms with E-state index in [2.05, 4.69) is 27.0 Å². The van der Waals surface area contributed by atoms with Crippen LogP contribution in [-0.4, -0.2) is 74.1 Å². The van der Waals surface area contributed by atoms with Crippen LogP contribution in [0.3, 0.4) is 0 Å². The van der Waals surface area contributed by atoms with Crippen molar-refractivity contribution >= 4 is 35.9 Å². The van der Waals surface area contributed by atoms with E-state index in [1.807, 2.05) is 14.0 Å². The molecule has 2 saturated heterocycles. The number of nitrogens with one attached hydrogen (secondary N) is 1. The summed E-state index contributed by atoms with van der Waals surface area (Å²) in [6.07, 6.45) is 5.70. The van der Waals surface area contributed by atoms with E-state index in [-0.39, 0.29) is 35.9 Å². The minimum atomic E-state index is -0.0424. The molecule has 1 unspecified atom stereocenters. The summed E-state index contributed by atoms with van der Waals surface area (Å²) in [5.74, 6) is 0.967. The number of aliphatic imine (C=N–C) groups is 1.